The minimum atomic E-state index is 0.0232. The van der Waals surface area contributed by atoms with E-state index in [0.29, 0.717) is 17.9 Å². The first-order valence-corrected chi connectivity index (χ1v) is 5.93. The van der Waals surface area contributed by atoms with Gasteiger partial charge in [0.2, 0.25) is 5.91 Å². The summed E-state index contributed by atoms with van der Waals surface area (Å²) >= 11 is 0. The molecule has 1 fully saturated rings. The minimum absolute atomic E-state index is 0.0232. The molecule has 0 radical (unpaired) electrons. The quantitative estimate of drug-likeness (QED) is 0.775. The standard InChI is InChI=1S/C12H23NO2/c1-9(2)10-6-4-5-7-11(10)13-12(14)8-15-3/h9-11H,4-8H2,1-3H3,(H,13,14). The van der Waals surface area contributed by atoms with Crippen molar-refractivity contribution in [2.24, 2.45) is 11.8 Å². The van der Waals surface area contributed by atoms with Crippen molar-refractivity contribution in [1.29, 1.82) is 0 Å². The summed E-state index contributed by atoms with van der Waals surface area (Å²) in [6, 6.07) is 0.362. The Hall–Kier alpha value is -0.570. The summed E-state index contributed by atoms with van der Waals surface area (Å²) < 4.78 is 4.83. The molecule has 3 heteroatoms. The Kier molecular flexibility index (Phi) is 5.09. The lowest BCUT2D eigenvalue weighted by molar-refractivity contribution is -0.126. The fourth-order valence-electron chi connectivity index (χ4n) is 2.52. The van der Waals surface area contributed by atoms with Crippen LogP contribution in [0.4, 0.5) is 0 Å². The average Bonchev–Trinajstić information content (AvgIpc) is 2.18. The molecule has 1 rings (SSSR count). The van der Waals surface area contributed by atoms with E-state index in [1.54, 1.807) is 7.11 Å². The molecule has 2 unspecified atom stereocenters. The van der Waals surface area contributed by atoms with Crippen LogP contribution in [0.2, 0.25) is 0 Å². The summed E-state index contributed by atoms with van der Waals surface area (Å²) in [7, 11) is 1.56. The number of carbonyl (C=O) groups excluding carboxylic acids is 1. The summed E-state index contributed by atoms with van der Waals surface area (Å²) in [6.07, 6.45) is 4.91. The molecule has 0 aliphatic heterocycles. The van der Waals surface area contributed by atoms with E-state index in [0.717, 1.165) is 6.42 Å². The molecule has 1 N–H and O–H groups in total. The molecule has 0 saturated heterocycles. The fraction of sp³-hybridized carbons (Fsp3) is 0.917. The van der Waals surface area contributed by atoms with Gasteiger partial charge >= 0.3 is 0 Å². The highest BCUT2D eigenvalue weighted by molar-refractivity contribution is 5.77. The fourth-order valence-corrected chi connectivity index (χ4v) is 2.52. The van der Waals surface area contributed by atoms with Crippen molar-refractivity contribution in [3.05, 3.63) is 0 Å². The van der Waals surface area contributed by atoms with Crippen LogP contribution in [0.5, 0.6) is 0 Å². The summed E-state index contributed by atoms with van der Waals surface area (Å²) in [5, 5.41) is 3.09. The van der Waals surface area contributed by atoms with Crippen LogP contribution in [0.1, 0.15) is 39.5 Å². The van der Waals surface area contributed by atoms with Gasteiger partial charge < -0.3 is 10.1 Å². The maximum absolute atomic E-state index is 11.4. The van der Waals surface area contributed by atoms with Crippen molar-refractivity contribution in [3.8, 4) is 0 Å². The second-order valence-electron chi connectivity index (χ2n) is 4.80. The van der Waals surface area contributed by atoms with Crippen LogP contribution in [0, 0.1) is 11.8 Å². The van der Waals surface area contributed by atoms with E-state index in [1.165, 1.54) is 19.3 Å². The van der Waals surface area contributed by atoms with Gasteiger partial charge in [0.15, 0.2) is 0 Å². The highest BCUT2D eigenvalue weighted by Crippen LogP contribution is 2.30. The zero-order valence-electron chi connectivity index (χ0n) is 10.1. The predicted molar refractivity (Wildman–Crippen MR) is 60.6 cm³/mol. The first-order chi connectivity index (χ1) is 7.15. The maximum Gasteiger partial charge on any atom is 0.246 e. The van der Waals surface area contributed by atoms with E-state index in [4.69, 9.17) is 4.74 Å². The molecule has 1 amide bonds. The van der Waals surface area contributed by atoms with Crippen LogP contribution in [-0.4, -0.2) is 25.7 Å². The van der Waals surface area contributed by atoms with E-state index in [9.17, 15) is 4.79 Å². The van der Waals surface area contributed by atoms with E-state index in [-0.39, 0.29) is 12.5 Å². The zero-order valence-corrected chi connectivity index (χ0v) is 10.1. The largest absolute Gasteiger partial charge is 0.375 e. The molecular weight excluding hydrogens is 190 g/mol. The van der Waals surface area contributed by atoms with Crippen molar-refractivity contribution in [1.82, 2.24) is 5.32 Å². The number of rotatable bonds is 4. The van der Waals surface area contributed by atoms with Gasteiger partial charge in [0, 0.05) is 13.2 Å². The third-order valence-corrected chi connectivity index (χ3v) is 3.30. The lowest BCUT2D eigenvalue weighted by Gasteiger charge is -2.34. The molecule has 1 aliphatic rings. The third-order valence-electron chi connectivity index (χ3n) is 3.30. The number of carbonyl (C=O) groups is 1. The van der Waals surface area contributed by atoms with E-state index < -0.39 is 0 Å². The number of ether oxygens (including phenoxy) is 1. The van der Waals surface area contributed by atoms with Crippen LogP contribution in [-0.2, 0) is 9.53 Å². The molecule has 0 spiro atoms. The van der Waals surface area contributed by atoms with Crippen molar-refractivity contribution in [3.63, 3.8) is 0 Å². The van der Waals surface area contributed by atoms with Gasteiger partial charge in [-0.25, -0.2) is 0 Å². The van der Waals surface area contributed by atoms with Gasteiger partial charge in [-0.3, -0.25) is 4.79 Å². The van der Waals surface area contributed by atoms with Crippen molar-refractivity contribution < 1.29 is 9.53 Å². The van der Waals surface area contributed by atoms with Gasteiger partial charge in [-0.1, -0.05) is 26.7 Å². The van der Waals surface area contributed by atoms with Crippen molar-refractivity contribution in [2.45, 2.75) is 45.6 Å². The van der Waals surface area contributed by atoms with Crippen LogP contribution in [0.15, 0.2) is 0 Å². The van der Waals surface area contributed by atoms with Crippen LogP contribution < -0.4 is 5.32 Å². The first kappa shape index (κ1) is 12.5. The minimum Gasteiger partial charge on any atom is -0.375 e. The van der Waals surface area contributed by atoms with Gasteiger partial charge in [-0.15, -0.1) is 0 Å². The number of methoxy groups -OCH3 is 1. The summed E-state index contributed by atoms with van der Waals surface area (Å²) in [4.78, 5) is 11.4. The first-order valence-electron chi connectivity index (χ1n) is 5.93. The molecule has 15 heavy (non-hydrogen) atoms. The molecule has 0 heterocycles. The van der Waals surface area contributed by atoms with Crippen LogP contribution >= 0.6 is 0 Å². The Morgan fingerprint density at radius 2 is 2.07 bits per heavy atom. The summed E-state index contributed by atoms with van der Waals surface area (Å²) in [5.41, 5.74) is 0. The van der Waals surface area contributed by atoms with E-state index in [1.807, 2.05) is 0 Å². The van der Waals surface area contributed by atoms with Gasteiger partial charge in [0.25, 0.3) is 0 Å². The molecular formula is C12H23NO2. The lowest BCUT2D eigenvalue weighted by atomic mass is 9.78. The predicted octanol–water partition coefficient (Wildman–Crippen LogP) is 1.96. The SMILES string of the molecule is COCC(=O)NC1CCCCC1C(C)C. The maximum atomic E-state index is 11.4. The number of hydrogen-bond acceptors (Lipinski definition) is 2. The number of hydrogen-bond donors (Lipinski definition) is 1. The van der Waals surface area contributed by atoms with Gasteiger partial charge in [-0.2, -0.15) is 0 Å². The Balaban J connectivity index is 2.45. The average molecular weight is 213 g/mol. The van der Waals surface area contributed by atoms with E-state index in [2.05, 4.69) is 19.2 Å². The molecule has 88 valence electrons. The second kappa shape index (κ2) is 6.11. The molecule has 1 saturated carbocycles. The monoisotopic (exact) mass is 213 g/mol. The van der Waals surface area contributed by atoms with Gasteiger partial charge in [0.1, 0.15) is 6.61 Å². The third kappa shape index (κ3) is 3.82. The Morgan fingerprint density at radius 1 is 1.40 bits per heavy atom. The smallest absolute Gasteiger partial charge is 0.246 e. The molecule has 0 aromatic rings. The number of amides is 1. The Bertz CT molecular complexity index is 204. The lowest BCUT2D eigenvalue weighted by Crippen LogP contribution is -2.45. The van der Waals surface area contributed by atoms with Crippen molar-refractivity contribution in [2.75, 3.05) is 13.7 Å². The highest BCUT2D eigenvalue weighted by Gasteiger charge is 2.28. The normalized spacial score (nSPS) is 26.7. The van der Waals surface area contributed by atoms with Crippen molar-refractivity contribution >= 4 is 5.91 Å². The summed E-state index contributed by atoms with van der Waals surface area (Å²) in [5.74, 6) is 1.31. The summed E-state index contributed by atoms with van der Waals surface area (Å²) in [6.45, 7) is 4.66. The molecule has 0 aromatic heterocycles. The Morgan fingerprint density at radius 3 is 2.67 bits per heavy atom. The van der Waals surface area contributed by atoms with Crippen LogP contribution in [0.3, 0.4) is 0 Å². The molecule has 1 aliphatic carbocycles. The molecule has 2 atom stereocenters. The van der Waals surface area contributed by atoms with Gasteiger partial charge in [0.05, 0.1) is 0 Å². The molecule has 0 aromatic carbocycles. The molecule has 0 bridgehead atoms. The second-order valence-corrected chi connectivity index (χ2v) is 4.80. The topological polar surface area (TPSA) is 38.3 Å². The molecule has 3 nitrogen and oxygen atoms in total. The highest BCUT2D eigenvalue weighted by atomic mass is 16.5. The zero-order chi connectivity index (χ0) is 11.3. The van der Waals surface area contributed by atoms with Crippen LogP contribution in [0.25, 0.3) is 0 Å². The Labute approximate surface area is 92.6 Å². The number of nitrogens with one attached hydrogen (secondary N) is 1. The van der Waals surface area contributed by atoms with E-state index >= 15 is 0 Å². The van der Waals surface area contributed by atoms with Gasteiger partial charge in [-0.05, 0) is 24.7 Å².